The van der Waals surface area contributed by atoms with E-state index in [1.165, 1.54) is 12.1 Å². The van der Waals surface area contributed by atoms with E-state index in [0.29, 0.717) is 17.3 Å². The molecule has 0 fully saturated rings. The zero-order valence-corrected chi connectivity index (χ0v) is 11.4. The van der Waals surface area contributed by atoms with Crippen LogP contribution in [0.2, 0.25) is 5.02 Å². The Hall–Kier alpha value is -2.20. The van der Waals surface area contributed by atoms with Crippen LogP contribution in [0.25, 0.3) is 0 Å². The highest BCUT2D eigenvalue weighted by Gasteiger charge is 2.09. The Balaban J connectivity index is 2.00. The third kappa shape index (κ3) is 3.42. The largest absolute Gasteiger partial charge is 0.507 e. The van der Waals surface area contributed by atoms with Crippen LogP contribution < -0.4 is 5.32 Å². The van der Waals surface area contributed by atoms with Crippen LogP contribution in [0.1, 0.15) is 15.9 Å². The predicted molar refractivity (Wildman–Crippen MR) is 78.7 cm³/mol. The summed E-state index contributed by atoms with van der Waals surface area (Å²) in [5.74, 6) is -1.40. The molecule has 0 atom stereocenters. The fraction of sp³-hybridized carbons (Fsp3) is 0.133. The fourth-order valence-corrected chi connectivity index (χ4v) is 2.09. The molecular weight excluding hydrogens is 278 g/mol. The first-order valence-electron chi connectivity index (χ1n) is 6.11. The van der Waals surface area contributed by atoms with Crippen molar-refractivity contribution in [2.75, 3.05) is 11.9 Å². The molecule has 0 spiro atoms. The van der Waals surface area contributed by atoms with E-state index >= 15 is 0 Å². The van der Waals surface area contributed by atoms with Crippen LogP contribution in [-0.4, -0.2) is 22.7 Å². The average Bonchev–Trinajstić information content (AvgIpc) is 2.42. The summed E-state index contributed by atoms with van der Waals surface area (Å²) in [6.45, 7) is 0.619. The van der Waals surface area contributed by atoms with Crippen molar-refractivity contribution in [2.24, 2.45) is 0 Å². The van der Waals surface area contributed by atoms with Gasteiger partial charge in [0.25, 0.3) is 0 Å². The normalized spacial score (nSPS) is 10.2. The maximum atomic E-state index is 10.9. The molecule has 2 aromatic rings. The van der Waals surface area contributed by atoms with Gasteiger partial charge in [0.05, 0.1) is 0 Å². The Morgan fingerprint density at radius 1 is 1.20 bits per heavy atom. The molecule has 0 radical (unpaired) electrons. The van der Waals surface area contributed by atoms with Gasteiger partial charge in [-0.3, -0.25) is 0 Å². The van der Waals surface area contributed by atoms with E-state index in [9.17, 15) is 9.90 Å². The van der Waals surface area contributed by atoms with Crippen molar-refractivity contribution in [1.82, 2.24) is 0 Å². The van der Waals surface area contributed by atoms with Crippen LogP contribution in [0.5, 0.6) is 5.75 Å². The molecule has 0 bridgehead atoms. The molecule has 0 saturated heterocycles. The van der Waals surface area contributed by atoms with Gasteiger partial charge in [0.2, 0.25) is 0 Å². The number of carbonyl (C=O) groups is 1. The quantitative estimate of drug-likeness (QED) is 0.739. The zero-order chi connectivity index (χ0) is 14.5. The lowest BCUT2D eigenvalue weighted by Gasteiger charge is -2.09. The molecule has 0 heterocycles. The van der Waals surface area contributed by atoms with Crippen LogP contribution in [0, 0.1) is 0 Å². The number of aromatic carboxylic acids is 1. The molecule has 5 heteroatoms. The van der Waals surface area contributed by atoms with Crippen molar-refractivity contribution in [3.63, 3.8) is 0 Å². The standard InChI is InChI=1S/C15H14ClNO3/c16-13-4-2-1-3-10(13)7-8-17-11-5-6-14(18)12(9-11)15(19)20/h1-6,9,17-18H,7-8H2,(H,19,20). The minimum absolute atomic E-state index is 0.118. The molecule has 0 aliphatic heterocycles. The van der Waals surface area contributed by atoms with Crippen LogP contribution in [0.4, 0.5) is 5.69 Å². The van der Waals surface area contributed by atoms with E-state index in [0.717, 1.165) is 12.0 Å². The van der Waals surface area contributed by atoms with Crippen LogP contribution >= 0.6 is 11.6 Å². The van der Waals surface area contributed by atoms with E-state index < -0.39 is 5.97 Å². The molecule has 2 rings (SSSR count). The van der Waals surface area contributed by atoms with Gasteiger partial charge in [0, 0.05) is 17.3 Å². The van der Waals surface area contributed by atoms with Crippen LogP contribution in [0.15, 0.2) is 42.5 Å². The summed E-state index contributed by atoms with van der Waals surface area (Å²) >= 11 is 6.06. The monoisotopic (exact) mass is 291 g/mol. The molecule has 104 valence electrons. The molecule has 0 aromatic heterocycles. The maximum absolute atomic E-state index is 10.9. The van der Waals surface area contributed by atoms with E-state index in [1.807, 2.05) is 24.3 Å². The predicted octanol–water partition coefficient (Wildman–Crippen LogP) is 3.40. The fourth-order valence-electron chi connectivity index (χ4n) is 1.86. The minimum Gasteiger partial charge on any atom is -0.507 e. The number of anilines is 1. The second-order valence-electron chi connectivity index (χ2n) is 4.31. The molecular formula is C15H14ClNO3. The van der Waals surface area contributed by atoms with Crippen molar-refractivity contribution < 1.29 is 15.0 Å². The molecule has 0 aliphatic carbocycles. The van der Waals surface area contributed by atoms with Crippen molar-refractivity contribution >= 4 is 23.3 Å². The number of carboxylic acid groups (broad SMARTS) is 1. The van der Waals surface area contributed by atoms with E-state index in [4.69, 9.17) is 16.7 Å². The highest BCUT2D eigenvalue weighted by molar-refractivity contribution is 6.31. The number of carboxylic acids is 1. The molecule has 2 aromatic carbocycles. The van der Waals surface area contributed by atoms with E-state index in [-0.39, 0.29) is 11.3 Å². The number of hydrogen-bond donors (Lipinski definition) is 3. The van der Waals surface area contributed by atoms with E-state index in [1.54, 1.807) is 6.07 Å². The number of halogens is 1. The average molecular weight is 292 g/mol. The number of benzene rings is 2. The number of phenols is 1. The van der Waals surface area contributed by atoms with Gasteiger partial charge in [-0.05, 0) is 36.2 Å². The third-order valence-corrected chi connectivity index (χ3v) is 3.28. The Morgan fingerprint density at radius 3 is 2.65 bits per heavy atom. The number of aromatic hydroxyl groups is 1. The summed E-state index contributed by atoms with van der Waals surface area (Å²) < 4.78 is 0. The first kappa shape index (κ1) is 14.2. The lowest BCUT2D eigenvalue weighted by Crippen LogP contribution is -2.06. The number of nitrogens with one attached hydrogen (secondary N) is 1. The minimum atomic E-state index is -1.16. The van der Waals surface area contributed by atoms with Gasteiger partial charge in [0.1, 0.15) is 11.3 Å². The molecule has 20 heavy (non-hydrogen) atoms. The van der Waals surface area contributed by atoms with Gasteiger partial charge >= 0.3 is 5.97 Å². The third-order valence-electron chi connectivity index (χ3n) is 2.91. The molecule has 3 N–H and O–H groups in total. The summed E-state index contributed by atoms with van der Waals surface area (Å²) in [5.41, 5.74) is 1.55. The summed E-state index contributed by atoms with van der Waals surface area (Å²) in [6, 6.07) is 12.0. The van der Waals surface area contributed by atoms with Gasteiger partial charge in [0.15, 0.2) is 0 Å². The highest BCUT2D eigenvalue weighted by atomic mass is 35.5. The van der Waals surface area contributed by atoms with Crippen molar-refractivity contribution in [2.45, 2.75) is 6.42 Å². The Morgan fingerprint density at radius 2 is 1.95 bits per heavy atom. The maximum Gasteiger partial charge on any atom is 0.339 e. The lowest BCUT2D eigenvalue weighted by atomic mass is 10.1. The van der Waals surface area contributed by atoms with Crippen molar-refractivity contribution in [3.05, 3.63) is 58.6 Å². The summed E-state index contributed by atoms with van der Waals surface area (Å²) in [5, 5.41) is 22.2. The van der Waals surface area contributed by atoms with Gasteiger partial charge in [-0.15, -0.1) is 0 Å². The number of hydrogen-bond acceptors (Lipinski definition) is 3. The van der Waals surface area contributed by atoms with E-state index in [2.05, 4.69) is 5.32 Å². The Labute approximate surface area is 121 Å². The van der Waals surface area contributed by atoms with Gasteiger partial charge < -0.3 is 15.5 Å². The second kappa shape index (κ2) is 6.30. The van der Waals surface area contributed by atoms with Gasteiger partial charge in [-0.2, -0.15) is 0 Å². The molecule has 0 unspecified atom stereocenters. The second-order valence-corrected chi connectivity index (χ2v) is 4.71. The SMILES string of the molecule is O=C(O)c1cc(NCCc2ccccc2Cl)ccc1O. The van der Waals surface area contributed by atoms with Crippen LogP contribution in [0.3, 0.4) is 0 Å². The molecule has 0 aliphatic rings. The number of rotatable bonds is 5. The van der Waals surface area contributed by atoms with Gasteiger partial charge in [-0.25, -0.2) is 4.79 Å². The molecule has 4 nitrogen and oxygen atoms in total. The molecule has 0 amide bonds. The smallest absolute Gasteiger partial charge is 0.339 e. The first-order valence-corrected chi connectivity index (χ1v) is 6.49. The highest BCUT2D eigenvalue weighted by Crippen LogP contribution is 2.21. The summed E-state index contributed by atoms with van der Waals surface area (Å²) in [6.07, 6.45) is 0.725. The van der Waals surface area contributed by atoms with Crippen molar-refractivity contribution in [1.29, 1.82) is 0 Å². The first-order chi connectivity index (χ1) is 9.58. The van der Waals surface area contributed by atoms with Crippen molar-refractivity contribution in [3.8, 4) is 5.75 Å². The molecule has 0 saturated carbocycles. The summed E-state index contributed by atoms with van der Waals surface area (Å²) in [4.78, 5) is 10.9. The van der Waals surface area contributed by atoms with Gasteiger partial charge in [-0.1, -0.05) is 29.8 Å². The topological polar surface area (TPSA) is 69.6 Å². The Kier molecular flexibility index (Phi) is 4.48. The lowest BCUT2D eigenvalue weighted by molar-refractivity contribution is 0.0694. The van der Waals surface area contributed by atoms with Crippen LogP contribution in [-0.2, 0) is 6.42 Å². The summed E-state index contributed by atoms with van der Waals surface area (Å²) in [7, 11) is 0. The Bertz CT molecular complexity index is 628. The zero-order valence-electron chi connectivity index (χ0n) is 10.6.